The van der Waals surface area contributed by atoms with Gasteiger partial charge in [0.1, 0.15) is 0 Å². The van der Waals surface area contributed by atoms with E-state index in [-0.39, 0.29) is 28.0 Å². The second kappa shape index (κ2) is 5.05. The Morgan fingerprint density at radius 2 is 0.810 bits per heavy atom. The van der Waals surface area contributed by atoms with Crippen molar-refractivity contribution in [2.75, 3.05) is 0 Å². The van der Waals surface area contributed by atoms with Gasteiger partial charge in [0.15, 0.2) is 0 Å². The molecule has 0 nitrogen and oxygen atoms in total. The zero-order valence-corrected chi connectivity index (χ0v) is 17.1. The summed E-state index contributed by atoms with van der Waals surface area (Å²) in [5.74, 6) is 0. The van der Waals surface area contributed by atoms with Crippen molar-refractivity contribution in [1.82, 2.24) is 0 Å². The fourth-order valence-electron chi connectivity index (χ4n) is 3.52. The molecular formula is C20H30Ru. The Morgan fingerprint density at radius 1 is 0.524 bits per heavy atom. The van der Waals surface area contributed by atoms with E-state index in [1.807, 2.05) is 0 Å². The van der Waals surface area contributed by atoms with Crippen LogP contribution >= 0.6 is 0 Å². The van der Waals surface area contributed by atoms with Crippen LogP contribution in [0.1, 0.15) is 69.2 Å². The molecule has 0 amide bonds. The molecule has 0 unspecified atom stereocenters. The van der Waals surface area contributed by atoms with Gasteiger partial charge in [-0.25, -0.2) is 0 Å². The van der Waals surface area contributed by atoms with E-state index in [9.17, 15) is 0 Å². The predicted octanol–water partition coefficient (Wildman–Crippen LogP) is 6.37. The maximum atomic E-state index is 2.41. The molecule has 0 saturated carbocycles. The Bertz CT molecular complexity index is 575. The third kappa shape index (κ3) is 2.28. The summed E-state index contributed by atoms with van der Waals surface area (Å²) in [6, 6.07) is 0. The number of hydrogen-bond donors (Lipinski definition) is 0. The number of hydrogen-bond acceptors (Lipinski definition) is 0. The van der Waals surface area contributed by atoms with Gasteiger partial charge in [-0.15, -0.1) is 0 Å². The van der Waals surface area contributed by atoms with Crippen LogP contribution in [-0.2, 0) is 17.1 Å². The van der Waals surface area contributed by atoms with Crippen LogP contribution in [0.15, 0.2) is 41.8 Å². The van der Waals surface area contributed by atoms with Crippen molar-refractivity contribution in [2.24, 2.45) is 10.8 Å². The molecule has 2 aliphatic rings. The molecule has 2 rings (SSSR count). The molecule has 0 radical (unpaired) electrons. The van der Waals surface area contributed by atoms with E-state index in [0.29, 0.717) is 0 Å². The van der Waals surface area contributed by atoms with E-state index in [1.54, 1.807) is 30.6 Å². The normalized spacial score (nSPS) is 25.0. The van der Waals surface area contributed by atoms with Gasteiger partial charge in [-0.05, 0) is 0 Å². The van der Waals surface area contributed by atoms with E-state index in [1.165, 1.54) is 11.1 Å². The first kappa shape index (κ1) is 16.9. The maximum absolute atomic E-state index is 2.41. The molecule has 1 heteroatoms. The van der Waals surface area contributed by atoms with Crippen molar-refractivity contribution >= 4 is 0 Å². The Hall–Kier alpha value is -0.417. The van der Waals surface area contributed by atoms with Crippen LogP contribution in [0, 0.1) is 10.8 Å². The van der Waals surface area contributed by atoms with Crippen LogP contribution in [0.25, 0.3) is 0 Å². The molecule has 0 aliphatic heterocycles. The van der Waals surface area contributed by atoms with Crippen molar-refractivity contribution in [3.8, 4) is 0 Å². The van der Waals surface area contributed by atoms with Crippen molar-refractivity contribution in [2.45, 2.75) is 69.2 Å². The average Bonchev–Trinajstić information content (AvgIpc) is 2.63. The van der Waals surface area contributed by atoms with Gasteiger partial charge in [-0.3, -0.25) is 0 Å². The molecule has 2 aliphatic carbocycles. The van der Waals surface area contributed by atoms with Crippen LogP contribution in [0.3, 0.4) is 0 Å². The Balaban J connectivity index is 2.47. The third-order valence-electron chi connectivity index (χ3n) is 6.01. The average molecular weight is 372 g/mol. The van der Waals surface area contributed by atoms with Gasteiger partial charge >= 0.3 is 139 Å². The van der Waals surface area contributed by atoms with Gasteiger partial charge in [-0.1, -0.05) is 0 Å². The summed E-state index contributed by atoms with van der Waals surface area (Å²) in [6.45, 7) is 23.6. The molecule has 0 aromatic rings. The topological polar surface area (TPSA) is 0 Å². The minimum absolute atomic E-state index is 0.143. The molecule has 0 atom stereocenters. The van der Waals surface area contributed by atoms with Crippen LogP contribution in [0.4, 0.5) is 0 Å². The van der Waals surface area contributed by atoms with Crippen LogP contribution in [0.5, 0.6) is 0 Å². The molecule has 0 heterocycles. The Labute approximate surface area is 139 Å². The van der Waals surface area contributed by atoms with Crippen molar-refractivity contribution in [3.05, 3.63) is 41.8 Å². The molecule has 0 spiro atoms. The first-order valence-electron chi connectivity index (χ1n) is 7.85. The summed E-state index contributed by atoms with van der Waals surface area (Å²) < 4.78 is 3.43. The van der Waals surface area contributed by atoms with E-state index < -0.39 is 0 Å². The van der Waals surface area contributed by atoms with Crippen molar-refractivity contribution in [3.63, 3.8) is 0 Å². The molecule has 0 N–H and O–H groups in total. The summed E-state index contributed by atoms with van der Waals surface area (Å²) in [5.41, 5.74) is 9.82. The zero-order chi connectivity index (χ0) is 16.3. The summed E-state index contributed by atoms with van der Waals surface area (Å²) in [6.07, 6.45) is 0. The van der Waals surface area contributed by atoms with Crippen LogP contribution < -0.4 is 0 Å². The fraction of sp³-hybridized carbons (Fsp3) is 0.600. The minimum atomic E-state index is 0.143. The monoisotopic (exact) mass is 372 g/mol. The quantitative estimate of drug-likeness (QED) is 0.495. The van der Waals surface area contributed by atoms with Crippen LogP contribution in [0.2, 0.25) is 0 Å². The second-order valence-corrected chi connectivity index (χ2v) is 9.86. The molecule has 0 fully saturated rings. The first-order valence-corrected chi connectivity index (χ1v) is 9.59. The fourth-order valence-corrected chi connectivity index (χ4v) is 7.00. The van der Waals surface area contributed by atoms with E-state index in [2.05, 4.69) is 69.2 Å². The van der Waals surface area contributed by atoms with Crippen molar-refractivity contribution < 1.29 is 17.1 Å². The van der Waals surface area contributed by atoms with Crippen molar-refractivity contribution in [1.29, 1.82) is 0 Å². The first-order chi connectivity index (χ1) is 9.44. The third-order valence-corrected chi connectivity index (χ3v) is 10.4. The van der Waals surface area contributed by atoms with Gasteiger partial charge in [0.25, 0.3) is 0 Å². The Kier molecular flexibility index (Phi) is 4.08. The van der Waals surface area contributed by atoms with Gasteiger partial charge in [0.2, 0.25) is 0 Å². The molecule has 0 aromatic carbocycles. The van der Waals surface area contributed by atoms with Gasteiger partial charge in [0, 0.05) is 0 Å². The molecule has 0 aromatic heterocycles. The molecule has 118 valence electrons. The standard InChI is InChI=1S/2C10H15.Ru/c2*1-7-6-10(4,5)9(3)8(7)2;/h2*1-5H3;. The summed E-state index contributed by atoms with van der Waals surface area (Å²) in [7, 11) is 0. The van der Waals surface area contributed by atoms with E-state index in [4.69, 9.17) is 0 Å². The summed E-state index contributed by atoms with van der Waals surface area (Å²) in [5, 5.41) is 0. The van der Waals surface area contributed by atoms with Gasteiger partial charge < -0.3 is 0 Å². The predicted molar refractivity (Wildman–Crippen MR) is 89.7 cm³/mol. The molecular weight excluding hydrogens is 341 g/mol. The van der Waals surface area contributed by atoms with E-state index >= 15 is 0 Å². The molecule has 0 bridgehead atoms. The molecule has 0 saturated heterocycles. The summed E-state index contributed by atoms with van der Waals surface area (Å²) in [4.78, 5) is 0. The Morgan fingerprint density at radius 3 is 1.00 bits per heavy atom. The van der Waals surface area contributed by atoms with Gasteiger partial charge in [0.05, 0.1) is 0 Å². The number of rotatable bonds is 2. The van der Waals surface area contributed by atoms with E-state index in [0.717, 1.165) is 0 Å². The number of allylic oxidation sites excluding steroid dienone is 8. The van der Waals surface area contributed by atoms with Gasteiger partial charge in [-0.2, -0.15) is 0 Å². The second-order valence-electron chi connectivity index (χ2n) is 7.69. The SMILES string of the molecule is CC1=C(C)C(C)(C)[C]([Ru][C]2=C(C)C(C)=C(C)C2(C)C)=C1C. The zero-order valence-electron chi connectivity index (χ0n) is 15.4. The van der Waals surface area contributed by atoms with Crippen LogP contribution in [-0.4, -0.2) is 0 Å². The molecule has 21 heavy (non-hydrogen) atoms. The summed E-state index contributed by atoms with van der Waals surface area (Å²) >= 11 is 0.143.